The Bertz CT molecular complexity index is 1430. The highest BCUT2D eigenvalue weighted by Crippen LogP contribution is 2.39. The number of nitrogens with one attached hydrogen (secondary N) is 1. The van der Waals surface area contributed by atoms with Gasteiger partial charge in [-0.05, 0) is 48.9 Å². The summed E-state index contributed by atoms with van der Waals surface area (Å²) in [5.41, 5.74) is 2.58. The summed E-state index contributed by atoms with van der Waals surface area (Å²) >= 11 is 6.39. The topological polar surface area (TPSA) is 102 Å². The van der Waals surface area contributed by atoms with E-state index in [-0.39, 0.29) is 11.7 Å². The van der Waals surface area contributed by atoms with Crippen LogP contribution in [0.15, 0.2) is 77.8 Å². The first-order valence-electron chi connectivity index (χ1n) is 11.0. The number of carbonyl (C=O) groups is 1. The molecule has 0 spiro atoms. The third-order valence-electron chi connectivity index (χ3n) is 5.92. The zero-order valence-electron chi connectivity index (χ0n) is 19.0. The van der Waals surface area contributed by atoms with Crippen molar-refractivity contribution < 1.29 is 14.6 Å². The van der Waals surface area contributed by atoms with Gasteiger partial charge in [0.2, 0.25) is 11.9 Å². The number of para-hydroxylation sites is 2. The molecule has 2 heterocycles. The number of hydrogen-bond donors (Lipinski definition) is 2. The van der Waals surface area contributed by atoms with Crippen LogP contribution >= 0.6 is 11.6 Å². The molecular weight excluding hydrogens is 466 g/mol. The smallest absolute Gasteiger partial charge is 0.248 e. The van der Waals surface area contributed by atoms with Crippen molar-refractivity contribution in [1.82, 2.24) is 14.8 Å². The first kappa shape index (κ1) is 22.6. The summed E-state index contributed by atoms with van der Waals surface area (Å²) in [5, 5.41) is 18.1. The second kappa shape index (κ2) is 9.23. The minimum Gasteiger partial charge on any atom is -0.508 e. The van der Waals surface area contributed by atoms with Crippen molar-refractivity contribution in [3.8, 4) is 22.9 Å². The Morgan fingerprint density at radius 1 is 1.06 bits per heavy atom. The number of phenols is 1. The number of hydrogen-bond acceptors (Lipinski definition) is 6. The van der Waals surface area contributed by atoms with E-state index in [1.54, 1.807) is 61.2 Å². The number of fused-ring (bicyclic) bond motifs is 1. The summed E-state index contributed by atoms with van der Waals surface area (Å²) < 4.78 is 7.04. The van der Waals surface area contributed by atoms with E-state index in [2.05, 4.69) is 15.3 Å². The van der Waals surface area contributed by atoms with Gasteiger partial charge in [-0.1, -0.05) is 48.0 Å². The Balaban J connectivity index is 1.61. The first-order chi connectivity index (χ1) is 17.0. The van der Waals surface area contributed by atoms with Crippen molar-refractivity contribution >= 4 is 34.9 Å². The van der Waals surface area contributed by atoms with E-state index in [1.165, 1.54) is 0 Å². The van der Waals surface area contributed by atoms with Crippen molar-refractivity contribution in [2.24, 2.45) is 10.9 Å². The molecular formula is C26H22ClN5O3. The standard InChI is InChI=1S/C26H22ClN5O3/c1-15-22(25(34)29-20-9-5-6-10-21(20)35-2)23(16-11-13-17(33)14-12-16)32-26(28-15)30-24(31-32)18-7-3-4-8-19(18)27/h3-14,22-23,33H,1-2H3,(H,29,34). The quantitative estimate of drug-likeness (QED) is 0.399. The van der Waals surface area contributed by atoms with E-state index in [9.17, 15) is 9.90 Å². The molecule has 2 N–H and O–H groups in total. The van der Waals surface area contributed by atoms with Crippen LogP contribution < -0.4 is 10.1 Å². The Hall–Kier alpha value is -4.17. The molecule has 0 bridgehead atoms. The SMILES string of the molecule is COc1ccccc1NC(=O)C1C(C)=Nc2nc(-c3ccccc3Cl)nn2C1c1ccc(O)cc1. The molecule has 3 aromatic carbocycles. The normalized spacial score (nSPS) is 16.8. The number of nitrogens with zero attached hydrogens (tertiary/aromatic N) is 4. The van der Waals surface area contributed by atoms with Gasteiger partial charge in [0.1, 0.15) is 17.4 Å². The van der Waals surface area contributed by atoms with E-state index in [4.69, 9.17) is 21.4 Å². The van der Waals surface area contributed by atoms with Crippen molar-refractivity contribution in [2.45, 2.75) is 13.0 Å². The highest BCUT2D eigenvalue weighted by molar-refractivity contribution is 6.33. The van der Waals surface area contributed by atoms with Crippen molar-refractivity contribution in [3.63, 3.8) is 0 Å². The maximum atomic E-state index is 13.7. The van der Waals surface area contributed by atoms with Gasteiger partial charge in [0.05, 0.1) is 23.9 Å². The van der Waals surface area contributed by atoms with Gasteiger partial charge in [0.25, 0.3) is 0 Å². The minimum absolute atomic E-state index is 0.126. The molecule has 2 atom stereocenters. The molecule has 9 heteroatoms. The summed E-state index contributed by atoms with van der Waals surface area (Å²) in [6, 6.07) is 20.6. The second-order valence-electron chi connectivity index (χ2n) is 8.12. The molecule has 0 fully saturated rings. The molecule has 0 saturated heterocycles. The number of halogens is 1. The molecule has 1 aliphatic heterocycles. The monoisotopic (exact) mass is 487 g/mol. The molecule has 1 aliphatic rings. The highest BCUT2D eigenvalue weighted by Gasteiger charge is 2.39. The third-order valence-corrected chi connectivity index (χ3v) is 6.25. The Morgan fingerprint density at radius 3 is 2.51 bits per heavy atom. The van der Waals surface area contributed by atoms with Crippen LogP contribution in [-0.2, 0) is 4.79 Å². The van der Waals surface area contributed by atoms with Crippen LogP contribution in [0.4, 0.5) is 11.6 Å². The lowest BCUT2D eigenvalue weighted by Gasteiger charge is -2.30. The van der Waals surface area contributed by atoms with Gasteiger partial charge in [0, 0.05) is 11.3 Å². The van der Waals surface area contributed by atoms with Crippen molar-refractivity contribution in [3.05, 3.63) is 83.4 Å². The lowest BCUT2D eigenvalue weighted by Crippen LogP contribution is -2.39. The van der Waals surface area contributed by atoms with Gasteiger partial charge in [-0.3, -0.25) is 4.79 Å². The number of rotatable bonds is 5. The average Bonchev–Trinajstić information content (AvgIpc) is 3.27. The van der Waals surface area contributed by atoms with Crippen LogP contribution in [0.3, 0.4) is 0 Å². The van der Waals surface area contributed by atoms with Crippen LogP contribution in [0.25, 0.3) is 11.4 Å². The Kier molecular flexibility index (Phi) is 5.96. The largest absolute Gasteiger partial charge is 0.508 e. The lowest BCUT2D eigenvalue weighted by molar-refractivity contribution is -0.118. The summed E-state index contributed by atoms with van der Waals surface area (Å²) in [4.78, 5) is 22.9. The van der Waals surface area contributed by atoms with E-state index in [0.29, 0.717) is 39.5 Å². The van der Waals surface area contributed by atoms with Gasteiger partial charge < -0.3 is 15.2 Å². The summed E-state index contributed by atoms with van der Waals surface area (Å²) in [5.74, 6) is 0.496. The molecule has 35 heavy (non-hydrogen) atoms. The second-order valence-corrected chi connectivity index (χ2v) is 8.52. The van der Waals surface area contributed by atoms with Crippen molar-refractivity contribution in [2.75, 3.05) is 12.4 Å². The van der Waals surface area contributed by atoms with E-state index < -0.39 is 12.0 Å². The number of aromatic nitrogens is 3. The number of ether oxygens (including phenoxy) is 1. The number of carbonyl (C=O) groups excluding carboxylic acids is 1. The minimum atomic E-state index is -0.697. The van der Waals surface area contributed by atoms with Crippen molar-refractivity contribution in [1.29, 1.82) is 0 Å². The number of methoxy groups -OCH3 is 1. The fraction of sp³-hybridized carbons (Fsp3) is 0.154. The van der Waals surface area contributed by atoms with Crippen LogP contribution in [0.1, 0.15) is 18.5 Å². The molecule has 1 aromatic heterocycles. The average molecular weight is 488 g/mol. The zero-order chi connectivity index (χ0) is 24.5. The number of amides is 1. The molecule has 4 aromatic rings. The highest BCUT2D eigenvalue weighted by atomic mass is 35.5. The number of aliphatic imine (C=N–C) groups is 1. The van der Waals surface area contributed by atoms with Crippen LogP contribution in [0.5, 0.6) is 11.5 Å². The Morgan fingerprint density at radius 2 is 1.77 bits per heavy atom. The number of aromatic hydroxyl groups is 1. The summed E-state index contributed by atoms with van der Waals surface area (Å²) in [6.45, 7) is 1.80. The van der Waals surface area contributed by atoms with Gasteiger partial charge in [0.15, 0.2) is 5.82 Å². The predicted molar refractivity (Wildman–Crippen MR) is 135 cm³/mol. The predicted octanol–water partition coefficient (Wildman–Crippen LogP) is 5.26. The Labute approximate surface area is 206 Å². The fourth-order valence-electron chi connectivity index (χ4n) is 4.23. The molecule has 8 nitrogen and oxygen atoms in total. The lowest BCUT2D eigenvalue weighted by atomic mass is 9.87. The van der Waals surface area contributed by atoms with Crippen LogP contribution in [0.2, 0.25) is 5.02 Å². The molecule has 0 radical (unpaired) electrons. The van der Waals surface area contributed by atoms with Gasteiger partial charge in [-0.25, -0.2) is 9.67 Å². The maximum absolute atomic E-state index is 13.7. The molecule has 176 valence electrons. The van der Waals surface area contributed by atoms with E-state index in [1.807, 2.05) is 30.3 Å². The van der Waals surface area contributed by atoms with Gasteiger partial charge in [-0.2, -0.15) is 4.98 Å². The molecule has 0 saturated carbocycles. The third kappa shape index (κ3) is 4.24. The fourth-order valence-corrected chi connectivity index (χ4v) is 4.45. The van der Waals surface area contributed by atoms with E-state index in [0.717, 1.165) is 5.56 Å². The summed E-state index contributed by atoms with van der Waals surface area (Å²) in [7, 11) is 1.55. The summed E-state index contributed by atoms with van der Waals surface area (Å²) in [6.07, 6.45) is 0. The number of phenolic OH excluding ortho intramolecular Hbond substituents is 1. The zero-order valence-corrected chi connectivity index (χ0v) is 19.8. The van der Waals surface area contributed by atoms with E-state index >= 15 is 0 Å². The maximum Gasteiger partial charge on any atom is 0.248 e. The van der Waals surface area contributed by atoms with Crippen LogP contribution in [0, 0.1) is 5.92 Å². The number of benzene rings is 3. The van der Waals surface area contributed by atoms with Gasteiger partial charge >= 0.3 is 0 Å². The molecule has 5 rings (SSSR count). The molecule has 0 aliphatic carbocycles. The first-order valence-corrected chi connectivity index (χ1v) is 11.3. The molecule has 2 unspecified atom stereocenters. The number of anilines is 1. The molecule has 1 amide bonds. The van der Waals surface area contributed by atoms with Gasteiger partial charge in [-0.15, -0.1) is 5.10 Å². The van der Waals surface area contributed by atoms with Crippen LogP contribution in [-0.4, -0.2) is 38.6 Å².